The highest BCUT2D eigenvalue weighted by atomic mass is 16.5. The number of ether oxygens (including phenoxy) is 1. The van der Waals surface area contributed by atoms with Gasteiger partial charge in [0.1, 0.15) is 0 Å². The molecule has 4 rings (SSSR count). The third-order valence-corrected chi connectivity index (χ3v) is 5.43. The number of aromatic nitrogens is 1. The van der Waals surface area contributed by atoms with Gasteiger partial charge in [0, 0.05) is 17.6 Å². The molecule has 1 amide bonds. The molecule has 1 N–H and O–H groups in total. The number of aryl methyl sites for hydroxylation is 1. The van der Waals surface area contributed by atoms with E-state index in [2.05, 4.69) is 10.3 Å². The van der Waals surface area contributed by atoms with Crippen molar-refractivity contribution < 1.29 is 14.3 Å². The number of carbonyl (C=O) groups is 2. The second kappa shape index (κ2) is 8.43. The summed E-state index contributed by atoms with van der Waals surface area (Å²) in [5.41, 5.74) is 4.45. The van der Waals surface area contributed by atoms with E-state index in [-0.39, 0.29) is 18.4 Å². The van der Waals surface area contributed by atoms with Crippen LogP contribution < -0.4 is 5.32 Å². The second-order valence-corrected chi connectivity index (χ2v) is 7.47. The zero-order chi connectivity index (χ0) is 20.2. The molecular weight excluding hydrogens is 364 g/mol. The first-order chi connectivity index (χ1) is 14.1. The van der Waals surface area contributed by atoms with Gasteiger partial charge in [0.25, 0.3) is 5.91 Å². The average molecular weight is 388 g/mol. The summed E-state index contributed by atoms with van der Waals surface area (Å²) in [5, 5.41) is 3.64. The van der Waals surface area contributed by atoms with Crippen LogP contribution in [0.1, 0.15) is 46.4 Å². The van der Waals surface area contributed by atoms with Crippen molar-refractivity contribution in [3.8, 4) is 0 Å². The number of para-hydroxylation sites is 1. The number of hydrogen-bond donors (Lipinski definition) is 1. The third-order valence-electron chi connectivity index (χ3n) is 5.43. The van der Waals surface area contributed by atoms with Gasteiger partial charge in [-0.3, -0.25) is 9.78 Å². The molecule has 0 fully saturated rings. The number of fused-ring (bicyclic) bond motifs is 2. The number of nitrogens with zero attached hydrogens (tertiary/aromatic N) is 1. The lowest BCUT2D eigenvalue weighted by Gasteiger charge is -2.14. The van der Waals surface area contributed by atoms with E-state index in [1.807, 2.05) is 61.5 Å². The quantitative estimate of drug-likeness (QED) is 0.652. The number of nitrogens with one attached hydrogen (secondary N) is 1. The molecule has 0 radical (unpaired) electrons. The van der Waals surface area contributed by atoms with Crippen LogP contribution in [0.25, 0.3) is 10.9 Å². The molecule has 2 aromatic carbocycles. The fourth-order valence-electron chi connectivity index (χ4n) is 3.86. The Morgan fingerprint density at radius 3 is 2.66 bits per heavy atom. The van der Waals surface area contributed by atoms with Crippen molar-refractivity contribution in [3.63, 3.8) is 0 Å². The molecule has 1 aliphatic rings. The predicted octanol–water partition coefficient (Wildman–Crippen LogP) is 3.80. The van der Waals surface area contributed by atoms with Gasteiger partial charge in [0.15, 0.2) is 6.61 Å². The first kappa shape index (κ1) is 19.1. The normalized spacial score (nSPS) is 13.7. The van der Waals surface area contributed by atoms with Gasteiger partial charge in [-0.05, 0) is 42.4 Å². The highest BCUT2D eigenvalue weighted by Gasteiger charge is 2.25. The van der Waals surface area contributed by atoms with Crippen LogP contribution in [0, 0.1) is 0 Å². The molecule has 1 aliphatic carbocycles. The fourth-order valence-corrected chi connectivity index (χ4v) is 3.86. The summed E-state index contributed by atoms with van der Waals surface area (Å²) >= 11 is 0. The molecule has 29 heavy (non-hydrogen) atoms. The van der Waals surface area contributed by atoms with E-state index in [9.17, 15) is 9.59 Å². The number of esters is 1. The van der Waals surface area contributed by atoms with Crippen molar-refractivity contribution in [2.24, 2.45) is 0 Å². The monoisotopic (exact) mass is 388 g/mol. The van der Waals surface area contributed by atoms with Crippen LogP contribution in [0.2, 0.25) is 0 Å². The van der Waals surface area contributed by atoms with E-state index in [4.69, 9.17) is 4.74 Å². The summed E-state index contributed by atoms with van der Waals surface area (Å²) in [6.45, 7) is 2.26. The first-order valence-electron chi connectivity index (χ1n) is 10.0. The molecule has 0 bridgehead atoms. The molecule has 0 saturated carbocycles. The lowest BCUT2D eigenvalue weighted by atomic mass is 10.0. The number of rotatable bonds is 6. The molecule has 148 valence electrons. The van der Waals surface area contributed by atoms with Gasteiger partial charge in [0.05, 0.1) is 11.1 Å². The fraction of sp³-hybridized carbons (Fsp3) is 0.292. The smallest absolute Gasteiger partial charge is 0.339 e. The largest absolute Gasteiger partial charge is 0.452 e. The minimum atomic E-state index is -0.451. The SMILES string of the molecule is C[C@@H](CNC(=O)COC(=O)c1c2c(nc3ccccc13)CCC2)c1ccccc1. The molecule has 5 nitrogen and oxygen atoms in total. The molecule has 0 saturated heterocycles. The summed E-state index contributed by atoms with van der Waals surface area (Å²) < 4.78 is 5.38. The number of carbonyl (C=O) groups excluding carboxylic acids is 2. The number of amides is 1. The van der Waals surface area contributed by atoms with Crippen LogP contribution in [0.3, 0.4) is 0 Å². The standard InChI is InChI=1S/C24H24N2O3/c1-16(17-8-3-2-4-9-17)14-25-22(27)15-29-24(28)23-18-10-5-6-12-20(18)26-21-13-7-11-19(21)23/h2-6,8-10,12,16H,7,11,13-15H2,1H3,(H,25,27)/t16-/m0/s1. The van der Waals surface area contributed by atoms with E-state index < -0.39 is 5.97 Å². The van der Waals surface area contributed by atoms with Crippen molar-refractivity contribution in [2.75, 3.05) is 13.2 Å². The van der Waals surface area contributed by atoms with Gasteiger partial charge < -0.3 is 10.1 Å². The zero-order valence-corrected chi connectivity index (χ0v) is 16.5. The Morgan fingerprint density at radius 2 is 1.83 bits per heavy atom. The highest BCUT2D eigenvalue weighted by molar-refractivity contribution is 6.05. The lowest BCUT2D eigenvalue weighted by molar-refractivity contribution is -0.124. The van der Waals surface area contributed by atoms with Crippen LogP contribution in [0.4, 0.5) is 0 Å². The third kappa shape index (κ3) is 4.14. The van der Waals surface area contributed by atoms with Crippen LogP contribution in [0.5, 0.6) is 0 Å². The van der Waals surface area contributed by atoms with Crippen LogP contribution in [-0.2, 0) is 22.4 Å². The van der Waals surface area contributed by atoms with Gasteiger partial charge >= 0.3 is 5.97 Å². The molecule has 5 heteroatoms. The van der Waals surface area contributed by atoms with E-state index in [0.29, 0.717) is 12.1 Å². The Kier molecular flexibility index (Phi) is 5.56. The van der Waals surface area contributed by atoms with Crippen LogP contribution in [-0.4, -0.2) is 30.0 Å². The predicted molar refractivity (Wildman–Crippen MR) is 112 cm³/mol. The minimum Gasteiger partial charge on any atom is -0.452 e. The van der Waals surface area contributed by atoms with E-state index in [1.165, 1.54) is 0 Å². The topological polar surface area (TPSA) is 68.3 Å². The van der Waals surface area contributed by atoms with E-state index in [0.717, 1.165) is 47.0 Å². The van der Waals surface area contributed by atoms with Crippen LogP contribution >= 0.6 is 0 Å². The van der Waals surface area contributed by atoms with Crippen molar-refractivity contribution in [3.05, 3.63) is 77.0 Å². The highest BCUT2D eigenvalue weighted by Crippen LogP contribution is 2.30. The summed E-state index contributed by atoms with van der Waals surface area (Å²) in [6.07, 6.45) is 2.67. The summed E-state index contributed by atoms with van der Waals surface area (Å²) in [6, 6.07) is 17.6. The number of hydrogen-bond acceptors (Lipinski definition) is 4. The van der Waals surface area contributed by atoms with Crippen molar-refractivity contribution in [1.82, 2.24) is 10.3 Å². The maximum absolute atomic E-state index is 12.9. The van der Waals surface area contributed by atoms with Gasteiger partial charge in [0.2, 0.25) is 0 Å². The van der Waals surface area contributed by atoms with Crippen molar-refractivity contribution in [1.29, 1.82) is 0 Å². The Hall–Kier alpha value is -3.21. The molecular formula is C24H24N2O3. The lowest BCUT2D eigenvalue weighted by Crippen LogP contribution is -2.31. The van der Waals surface area contributed by atoms with Gasteiger partial charge in [-0.25, -0.2) is 4.79 Å². The van der Waals surface area contributed by atoms with E-state index in [1.54, 1.807) is 0 Å². The van der Waals surface area contributed by atoms with Crippen molar-refractivity contribution >= 4 is 22.8 Å². The Bertz CT molecular complexity index is 1050. The number of pyridine rings is 1. The molecule has 0 unspecified atom stereocenters. The summed E-state index contributed by atoms with van der Waals surface area (Å²) in [7, 11) is 0. The van der Waals surface area contributed by atoms with E-state index >= 15 is 0 Å². The second-order valence-electron chi connectivity index (χ2n) is 7.47. The van der Waals surface area contributed by atoms with Gasteiger partial charge in [-0.1, -0.05) is 55.5 Å². The molecule has 1 heterocycles. The maximum Gasteiger partial charge on any atom is 0.339 e. The molecule has 0 aliphatic heterocycles. The molecule has 3 aromatic rings. The van der Waals surface area contributed by atoms with Gasteiger partial charge in [-0.15, -0.1) is 0 Å². The Balaban J connectivity index is 1.41. The molecule has 1 aromatic heterocycles. The van der Waals surface area contributed by atoms with Crippen molar-refractivity contribution in [2.45, 2.75) is 32.1 Å². The van der Waals surface area contributed by atoms with Gasteiger partial charge in [-0.2, -0.15) is 0 Å². The first-order valence-corrected chi connectivity index (χ1v) is 10.0. The number of benzene rings is 2. The van der Waals surface area contributed by atoms with Crippen LogP contribution in [0.15, 0.2) is 54.6 Å². The Morgan fingerprint density at radius 1 is 1.07 bits per heavy atom. The maximum atomic E-state index is 12.9. The minimum absolute atomic E-state index is 0.184. The molecule has 1 atom stereocenters. The summed E-state index contributed by atoms with van der Waals surface area (Å²) in [5.74, 6) is -0.563. The zero-order valence-electron chi connectivity index (χ0n) is 16.5. The average Bonchev–Trinajstić information content (AvgIpc) is 3.22. The summed E-state index contributed by atoms with van der Waals surface area (Å²) in [4.78, 5) is 29.7. The Labute approximate surface area is 170 Å². The molecule has 0 spiro atoms.